The summed E-state index contributed by atoms with van der Waals surface area (Å²) in [4.78, 5) is 11.4. The van der Waals surface area contributed by atoms with Crippen molar-refractivity contribution in [3.8, 4) is 0 Å². The van der Waals surface area contributed by atoms with Gasteiger partial charge in [0, 0.05) is 12.3 Å². The van der Waals surface area contributed by atoms with Gasteiger partial charge in [0.1, 0.15) is 0 Å². The Morgan fingerprint density at radius 3 is 2.93 bits per heavy atom. The van der Waals surface area contributed by atoms with Crippen LogP contribution in [0.15, 0.2) is 23.1 Å². The van der Waals surface area contributed by atoms with Crippen molar-refractivity contribution in [3.63, 3.8) is 0 Å². The number of nitrogens with two attached hydrogens (primary N) is 1. The first-order chi connectivity index (χ1) is 6.76. The van der Waals surface area contributed by atoms with E-state index in [2.05, 4.69) is 5.10 Å². The zero-order valence-electron chi connectivity index (χ0n) is 8.15. The zero-order valence-corrected chi connectivity index (χ0v) is 8.15. The topological polar surface area (TPSA) is 60.9 Å². The van der Waals surface area contributed by atoms with E-state index < -0.39 is 0 Å². The minimum atomic E-state index is -0.0178. The van der Waals surface area contributed by atoms with Crippen LogP contribution in [-0.4, -0.2) is 16.3 Å². The Hall–Kier alpha value is -1.16. The number of hydrogen-bond acceptors (Lipinski definition) is 3. The molecule has 4 nitrogen and oxygen atoms in total. The van der Waals surface area contributed by atoms with Crippen LogP contribution in [0.4, 0.5) is 0 Å². The first kappa shape index (κ1) is 9.40. The van der Waals surface area contributed by atoms with Crippen LogP contribution in [0.3, 0.4) is 0 Å². The molecule has 76 valence electrons. The van der Waals surface area contributed by atoms with Gasteiger partial charge in [-0.25, -0.2) is 4.68 Å². The number of rotatable bonds is 4. The van der Waals surface area contributed by atoms with Gasteiger partial charge in [-0.05, 0) is 37.3 Å². The fraction of sp³-hybridized carbons (Fsp3) is 0.600. The van der Waals surface area contributed by atoms with Crippen molar-refractivity contribution in [3.05, 3.63) is 28.7 Å². The Bertz CT molecular complexity index is 368. The Morgan fingerprint density at radius 1 is 1.57 bits per heavy atom. The average molecular weight is 193 g/mol. The summed E-state index contributed by atoms with van der Waals surface area (Å²) in [5, 5.41) is 4.05. The Morgan fingerprint density at radius 2 is 2.36 bits per heavy atom. The van der Waals surface area contributed by atoms with E-state index in [0.717, 1.165) is 13.0 Å². The second kappa shape index (κ2) is 3.53. The predicted octanol–water partition coefficient (Wildman–Crippen LogP) is 0.372. The van der Waals surface area contributed by atoms with E-state index in [9.17, 15) is 4.79 Å². The number of nitrogens with zero attached hydrogens (tertiary/aromatic N) is 2. The van der Waals surface area contributed by atoms with Crippen LogP contribution in [0.2, 0.25) is 0 Å². The third-order valence-corrected chi connectivity index (χ3v) is 2.90. The Kier molecular flexibility index (Phi) is 2.37. The second-order valence-corrected chi connectivity index (χ2v) is 4.06. The summed E-state index contributed by atoms with van der Waals surface area (Å²) in [6.07, 6.45) is 5.00. The average Bonchev–Trinajstić information content (AvgIpc) is 2.90. The lowest BCUT2D eigenvalue weighted by atomic mass is 10.0. The molecular formula is C10H15N3O. The Labute approximate surface area is 82.7 Å². The summed E-state index contributed by atoms with van der Waals surface area (Å²) < 4.78 is 1.54. The SMILES string of the molecule is NCCC1(Cn2ncccc2=O)CC1. The molecule has 14 heavy (non-hydrogen) atoms. The van der Waals surface area contributed by atoms with Crippen LogP contribution >= 0.6 is 0 Å². The van der Waals surface area contributed by atoms with Gasteiger partial charge in [-0.2, -0.15) is 5.10 Å². The van der Waals surface area contributed by atoms with E-state index in [1.807, 2.05) is 0 Å². The lowest BCUT2D eigenvalue weighted by Crippen LogP contribution is -2.27. The quantitative estimate of drug-likeness (QED) is 0.751. The molecule has 0 radical (unpaired) electrons. The molecule has 1 heterocycles. The zero-order chi connectivity index (χ0) is 10.0. The van der Waals surface area contributed by atoms with Crippen molar-refractivity contribution in [1.29, 1.82) is 0 Å². The molecule has 0 bridgehead atoms. The number of aromatic nitrogens is 2. The lowest BCUT2D eigenvalue weighted by Gasteiger charge is -2.13. The molecule has 0 unspecified atom stereocenters. The number of hydrogen-bond donors (Lipinski definition) is 1. The minimum Gasteiger partial charge on any atom is -0.330 e. The molecule has 1 aliphatic rings. The van der Waals surface area contributed by atoms with Gasteiger partial charge in [0.25, 0.3) is 5.56 Å². The minimum absolute atomic E-state index is 0.0178. The van der Waals surface area contributed by atoms with Crippen LogP contribution in [0.25, 0.3) is 0 Å². The molecule has 2 rings (SSSR count). The molecule has 1 aromatic rings. The molecule has 0 aromatic carbocycles. The highest BCUT2D eigenvalue weighted by Crippen LogP contribution is 2.49. The van der Waals surface area contributed by atoms with Crippen LogP contribution < -0.4 is 11.3 Å². The fourth-order valence-corrected chi connectivity index (χ4v) is 1.79. The lowest BCUT2D eigenvalue weighted by molar-refractivity contribution is 0.365. The molecule has 1 aliphatic carbocycles. The maximum absolute atomic E-state index is 11.4. The normalized spacial score (nSPS) is 18.1. The van der Waals surface area contributed by atoms with Gasteiger partial charge >= 0.3 is 0 Å². The van der Waals surface area contributed by atoms with E-state index >= 15 is 0 Å². The standard InChI is InChI=1S/C10H15N3O/c11-6-5-10(3-4-10)8-13-9(14)2-1-7-12-13/h1-2,7H,3-6,8,11H2. The van der Waals surface area contributed by atoms with Crippen LogP contribution in [-0.2, 0) is 6.54 Å². The van der Waals surface area contributed by atoms with E-state index in [1.54, 1.807) is 23.0 Å². The molecule has 0 saturated heterocycles. The van der Waals surface area contributed by atoms with Crippen molar-refractivity contribution in [2.45, 2.75) is 25.8 Å². The highest BCUT2D eigenvalue weighted by Gasteiger charge is 2.42. The van der Waals surface area contributed by atoms with Gasteiger partial charge < -0.3 is 5.73 Å². The molecule has 2 N–H and O–H groups in total. The molecule has 4 heteroatoms. The summed E-state index contributed by atoms with van der Waals surface area (Å²) in [5.74, 6) is 0. The predicted molar refractivity (Wildman–Crippen MR) is 53.8 cm³/mol. The summed E-state index contributed by atoms with van der Waals surface area (Å²) in [6, 6.07) is 3.22. The van der Waals surface area contributed by atoms with Crippen molar-refractivity contribution in [2.75, 3.05) is 6.54 Å². The Balaban J connectivity index is 2.11. The first-order valence-corrected chi connectivity index (χ1v) is 4.98. The van der Waals surface area contributed by atoms with Gasteiger partial charge in [0.15, 0.2) is 0 Å². The van der Waals surface area contributed by atoms with Gasteiger partial charge in [0.2, 0.25) is 0 Å². The van der Waals surface area contributed by atoms with Gasteiger partial charge in [0.05, 0.1) is 6.54 Å². The van der Waals surface area contributed by atoms with Crippen molar-refractivity contribution < 1.29 is 0 Å². The molecule has 1 fully saturated rings. The van der Waals surface area contributed by atoms with Crippen molar-refractivity contribution >= 4 is 0 Å². The van der Waals surface area contributed by atoms with Crippen LogP contribution in [0, 0.1) is 5.41 Å². The van der Waals surface area contributed by atoms with Gasteiger partial charge in [-0.3, -0.25) is 4.79 Å². The first-order valence-electron chi connectivity index (χ1n) is 4.98. The van der Waals surface area contributed by atoms with E-state index in [4.69, 9.17) is 5.73 Å². The molecule has 0 aliphatic heterocycles. The van der Waals surface area contributed by atoms with Gasteiger partial charge in [-0.15, -0.1) is 0 Å². The molecular weight excluding hydrogens is 178 g/mol. The van der Waals surface area contributed by atoms with E-state index in [-0.39, 0.29) is 11.0 Å². The van der Waals surface area contributed by atoms with Crippen LogP contribution in [0.1, 0.15) is 19.3 Å². The maximum Gasteiger partial charge on any atom is 0.266 e. The summed E-state index contributed by atoms with van der Waals surface area (Å²) in [7, 11) is 0. The molecule has 0 amide bonds. The third kappa shape index (κ3) is 1.85. The largest absolute Gasteiger partial charge is 0.330 e. The summed E-state index contributed by atoms with van der Waals surface area (Å²) in [5.41, 5.74) is 5.79. The monoisotopic (exact) mass is 193 g/mol. The summed E-state index contributed by atoms with van der Waals surface area (Å²) >= 11 is 0. The molecule has 0 atom stereocenters. The molecule has 1 aromatic heterocycles. The van der Waals surface area contributed by atoms with Crippen LogP contribution in [0.5, 0.6) is 0 Å². The second-order valence-electron chi connectivity index (χ2n) is 4.06. The summed E-state index contributed by atoms with van der Waals surface area (Å²) in [6.45, 7) is 1.42. The van der Waals surface area contributed by atoms with Gasteiger partial charge in [-0.1, -0.05) is 0 Å². The molecule has 0 spiro atoms. The highest BCUT2D eigenvalue weighted by atomic mass is 16.1. The van der Waals surface area contributed by atoms with Crippen molar-refractivity contribution in [2.24, 2.45) is 11.1 Å². The fourth-order valence-electron chi connectivity index (χ4n) is 1.79. The maximum atomic E-state index is 11.4. The third-order valence-electron chi connectivity index (χ3n) is 2.90. The molecule has 1 saturated carbocycles. The van der Waals surface area contributed by atoms with E-state index in [1.165, 1.54) is 12.8 Å². The van der Waals surface area contributed by atoms with E-state index in [0.29, 0.717) is 6.54 Å². The highest BCUT2D eigenvalue weighted by molar-refractivity contribution is 4.94. The smallest absolute Gasteiger partial charge is 0.266 e. The van der Waals surface area contributed by atoms with Crippen molar-refractivity contribution in [1.82, 2.24) is 9.78 Å².